The van der Waals surface area contributed by atoms with E-state index in [-0.39, 0.29) is 0 Å². The van der Waals surface area contributed by atoms with Gasteiger partial charge in [-0.2, -0.15) is 0 Å². The summed E-state index contributed by atoms with van der Waals surface area (Å²) in [5.74, 6) is -1.20. The molecule has 0 heterocycles. The van der Waals surface area contributed by atoms with Crippen molar-refractivity contribution in [1.29, 1.82) is 0 Å². The Morgan fingerprint density at radius 1 is 1.42 bits per heavy atom. The Balaban J connectivity index is 2.72. The lowest BCUT2D eigenvalue weighted by atomic mass is 10.3. The summed E-state index contributed by atoms with van der Waals surface area (Å²) in [6.45, 7) is 0. The topological polar surface area (TPSA) is 21.3 Å². The Bertz CT molecular complexity index is 270. The van der Waals surface area contributed by atoms with E-state index in [9.17, 15) is 8.78 Å². The van der Waals surface area contributed by atoms with Crippen LogP contribution in [0.5, 0.6) is 0 Å². The van der Waals surface area contributed by atoms with E-state index in [1.807, 2.05) is 0 Å². The summed E-state index contributed by atoms with van der Waals surface area (Å²) < 4.78 is 25.2. The van der Waals surface area contributed by atoms with Gasteiger partial charge in [-0.3, -0.25) is 4.84 Å². The number of halogens is 2. The number of hydrogen-bond donors (Lipinski definition) is 1. The molecule has 0 bridgehead atoms. The highest BCUT2D eigenvalue weighted by atomic mass is 32.2. The second kappa shape index (κ2) is 4.39. The molecule has 0 aliphatic carbocycles. The van der Waals surface area contributed by atoms with E-state index in [4.69, 9.17) is 0 Å². The minimum absolute atomic E-state index is 0.290. The second-order valence-corrected chi connectivity index (χ2v) is 2.77. The van der Waals surface area contributed by atoms with Gasteiger partial charge in [-0.1, -0.05) is 0 Å². The van der Waals surface area contributed by atoms with Gasteiger partial charge in [0.1, 0.15) is 11.6 Å². The average molecular weight is 191 g/mol. The van der Waals surface area contributed by atoms with Crippen molar-refractivity contribution in [3.63, 3.8) is 0 Å². The Morgan fingerprint density at radius 2 is 2.17 bits per heavy atom. The Hall–Kier alpha value is -0.650. The van der Waals surface area contributed by atoms with E-state index < -0.39 is 11.6 Å². The van der Waals surface area contributed by atoms with Crippen LogP contribution in [0.4, 0.5) is 8.78 Å². The van der Waals surface area contributed by atoms with Gasteiger partial charge in [0, 0.05) is 6.07 Å². The molecule has 1 aromatic rings. The molecule has 66 valence electrons. The fourth-order valence-electron chi connectivity index (χ4n) is 0.645. The van der Waals surface area contributed by atoms with Crippen molar-refractivity contribution < 1.29 is 13.6 Å². The molecule has 0 saturated heterocycles. The molecule has 0 aliphatic heterocycles. The lowest BCUT2D eigenvalue weighted by molar-refractivity contribution is 0.163. The molecule has 0 aliphatic rings. The molecule has 0 aromatic heterocycles. The molecule has 0 atom stereocenters. The zero-order chi connectivity index (χ0) is 8.97. The van der Waals surface area contributed by atoms with Gasteiger partial charge in [0.25, 0.3) is 0 Å². The maximum Gasteiger partial charge on any atom is 0.141 e. The molecule has 1 rings (SSSR count). The molecule has 0 spiro atoms. The van der Waals surface area contributed by atoms with Crippen LogP contribution in [0.25, 0.3) is 0 Å². The van der Waals surface area contributed by atoms with Crippen LogP contribution in [0.3, 0.4) is 0 Å². The molecule has 0 saturated carbocycles. The summed E-state index contributed by atoms with van der Waals surface area (Å²) in [5, 5.41) is 0. The molecule has 12 heavy (non-hydrogen) atoms. The van der Waals surface area contributed by atoms with Crippen LogP contribution in [-0.2, 0) is 4.84 Å². The number of hydrogen-bond acceptors (Lipinski definition) is 3. The molecule has 2 nitrogen and oxygen atoms in total. The van der Waals surface area contributed by atoms with Crippen molar-refractivity contribution in [2.45, 2.75) is 4.90 Å². The van der Waals surface area contributed by atoms with E-state index >= 15 is 0 Å². The first-order chi connectivity index (χ1) is 5.74. The molecule has 0 fully saturated rings. The van der Waals surface area contributed by atoms with Crippen molar-refractivity contribution >= 4 is 11.9 Å². The van der Waals surface area contributed by atoms with E-state index in [1.54, 1.807) is 0 Å². The molecule has 0 unspecified atom stereocenters. The first kappa shape index (κ1) is 9.44. The van der Waals surface area contributed by atoms with Crippen LogP contribution < -0.4 is 4.89 Å². The SMILES string of the molecule is CONSc1ccc(F)cc1F. The van der Waals surface area contributed by atoms with Crippen molar-refractivity contribution in [3.8, 4) is 0 Å². The van der Waals surface area contributed by atoms with Crippen molar-refractivity contribution in [3.05, 3.63) is 29.8 Å². The van der Waals surface area contributed by atoms with Crippen LogP contribution in [-0.4, -0.2) is 7.11 Å². The zero-order valence-corrected chi connectivity index (χ0v) is 7.12. The van der Waals surface area contributed by atoms with Gasteiger partial charge in [-0.05, 0) is 24.1 Å². The van der Waals surface area contributed by atoms with Gasteiger partial charge in [0.15, 0.2) is 0 Å². The molecular weight excluding hydrogens is 184 g/mol. The normalized spacial score (nSPS) is 10.2. The predicted octanol–water partition coefficient (Wildman–Crippen LogP) is 2.12. The van der Waals surface area contributed by atoms with E-state index in [1.165, 1.54) is 19.2 Å². The summed E-state index contributed by atoms with van der Waals surface area (Å²) in [4.78, 5) is 7.15. The minimum atomic E-state index is -0.607. The highest BCUT2D eigenvalue weighted by Gasteiger charge is 2.03. The third-order valence-corrected chi connectivity index (χ3v) is 1.93. The van der Waals surface area contributed by atoms with Gasteiger partial charge in [-0.25, -0.2) is 8.78 Å². The number of nitrogens with one attached hydrogen (secondary N) is 1. The predicted molar refractivity (Wildman–Crippen MR) is 42.4 cm³/mol. The summed E-state index contributed by atoms with van der Waals surface area (Å²) in [7, 11) is 1.41. The first-order valence-electron chi connectivity index (χ1n) is 3.14. The van der Waals surface area contributed by atoms with Crippen LogP contribution in [0.1, 0.15) is 0 Å². The van der Waals surface area contributed by atoms with Gasteiger partial charge in [0.2, 0.25) is 0 Å². The Kier molecular flexibility index (Phi) is 3.46. The molecule has 1 aromatic carbocycles. The number of benzene rings is 1. The van der Waals surface area contributed by atoms with Gasteiger partial charge >= 0.3 is 0 Å². The quantitative estimate of drug-likeness (QED) is 0.584. The molecule has 0 radical (unpaired) electrons. The fraction of sp³-hybridized carbons (Fsp3) is 0.143. The van der Waals surface area contributed by atoms with Crippen molar-refractivity contribution in [1.82, 2.24) is 4.89 Å². The number of rotatable bonds is 3. The van der Waals surface area contributed by atoms with Crippen LogP contribution in [0.15, 0.2) is 23.1 Å². The lowest BCUT2D eigenvalue weighted by Crippen LogP contribution is -2.00. The zero-order valence-electron chi connectivity index (χ0n) is 6.30. The van der Waals surface area contributed by atoms with Crippen molar-refractivity contribution in [2.75, 3.05) is 7.11 Å². The lowest BCUT2D eigenvalue weighted by Gasteiger charge is -2.01. The van der Waals surface area contributed by atoms with Crippen molar-refractivity contribution in [2.24, 2.45) is 0 Å². The smallest absolute Gasteiger partial charge is 0.141 e. The Morgan fingerprint density at radius 3 is 2.75 bits per heavy atom. The van der Waals surface area contributed by atoms with Gasteiger partial charge < -0.3 is 0 Å². The van der Waals surface area contributed by atoms with E-state index in [0.29, 0.717) is 4.90 Å². The maximum atomic E-state index is 12.8. The fourth-order valence-corrected chi connectivity index (χ4v) is 1.11. The maximum absolute atomic E-state index is 12.8. The summed E-state index contributed by atoms with van der Waals surface area (Å²) in [5.41, 5.74) is 0. The largest absolute Gasteiger partial charge is 0.294 e. The third-order valence-electron chi connectivity index (χ3n) is 1.13. The van der Waals surface area contributed by atoms with E-state index in [2.05, 4.69) is 9.72 Å². The van der Waals surface area contributed by atoms with Gasteiger partial charge in [0.05, 0.1) is 12.0 Å². The summed E-state index contributed by atoms with van der Waals surface area (Å²) >= 11 is 0.942. The molecule has 5 heteroatoms. The van der Waals surface area contributed by atoms with Crippen LogP contribution in [0, 0.1) is 11.6 Å². The molecular formula is C7H7F2NOS. The Labute approximate surface area is 73.0 Å². The van der Waals surface area contributed by atoms with Crippen LogP contribution in [0.2, 0.25) is 0 Å². The standard InChI is InChI=1S/C7H7F2NOS/c1-11-10-12-7-3-2-5(8)4-6(7)9/h2-4,10H,1H3. The van der Waals surface area contributed by atoms with Gasteiger partial charge in [-0.15, -0.1) is 4.89 Å². The summed E-state index contributed by atoms with van der Waals surface area (Å²) in [6.07, 6.45) is 0. The minimum Gasteiger partial charge on any atom is -0.294 e. The second-order valence-electron chi connectivity index (χ2n) is 1.96. The highest BCUT2D eigenvalue weighted by Crippen LogP contribution is 2.19. The average Bonchev–Trinajstić information content (AvgIpc) is 2.03. The highest BCUT2D eigenvalue weighted by molar-refractivity contribution is 7.97. The molecule has 1 N–H and O–H groups in total. The third kappa shape index (κ3) is 2.44. The monoisotopic (exact) mass is 191 g/mol. The van der Waals surface area contributed by atoms with Crippen LogP contribution >= 0.6 is 11.9 Å². The first-order valence-corrected chi connectivity index (χ1v) is 3.95. The molecule has 0 amide bonds. The van der Waals surface area contributed by atoms with E-state index in [0.717, 1.165) is 18.0 Å². The summed E-state index contributed by atoms with van der Waals surface area (Å²) in [6, 6.07) is 3.34.